The van der Waals surface area contributed by atoms with Crippen molar-refractivity contribution >= 4 is 11.2 Å². The summed E-state index contributed by atoms with van der Waals surface area (Å²) in [4.78, 5) is 8.26. The highest BCUT2D eigenvalue weighted by Crippen LogP contribution is 2.05. The van der Waals surface area contributed by atoms with Crippen molar-refractivity contribution in [3.05, 3.63) is 24.7 Å². The van der Waals surface area contributed by atoms with Crippen LogP contribution in [0.3, 0.4) is 0 Å². The van der Waals surface area contributed by atoms with Gasteiger partial charge in [0.15, 0.2) is 5.65 Å². The molecule has 0 saturated heterocycles. The molecule has 12 heavy (non-hydrogen) atoms. The third kappa shape index (κ3) is 1.43. The van der Waals surface area contributed by atoms with Crippen LogP contribution in [0.2, 0.25) is 0 Å². The molecule has 4 nitrogen and oxygen atoms in total. The molecule has 0 aliphatic rings. The summed E-state index contributed by atoms with van der Waals surface area (Å²) in [5.41, 5.74) is 6.38. The van der Waals surface area contributed by atoms with E-state index < -0.39 is 0 Å². The van der Waals surface area contributed by atoms with Crippen molar-refractivity contribution < 1.29 is 0 Å². The van der Waals surface area contributed by atoms with Gasteiger partial charge in [0.1, 0.15) is 5.52 Å². The molecule has 0 fully saturated rings. The minimum Gasteiger partial charge on any atom is -0.333 e. The van der Waals surface area contributed by atoms with Crippen LogP contribution >= 0.6 is 0 Å². The van der Waals surface area contributed by atoms with Crippen LogP contribution in [-0.2, 0) is 7.05 Å². The number of fused-ring (bicyclic) bond motifs is 1. The molecule has 2 aromatic rings. The molecule has 0 unspecified atom stereocenters. The fourth-order valence-corrected chi connectivity index (χ4v) is 0.964. The molecule has 0 spiro atoms. The van der Waals surface area contributed by atoms with Crippen LogP contribution in [-0.4, -0.2) is 21.6 Å². The van der Waals surface area contributed by atoms with Gasteiger partial charge in [-0.3, -0.25) is 0 Å². The van der Waals surface area contributed by atoms with Crippen LogP contribution in [0.25, 0.3) is 11.2 Å². The molecular formula is C8H12N4. The second-order valence-electron chi connectivity index (χ2n) is 2.20. The predicted octanol–water partition coefficient (Wildman–Crippen LogP) is 0.543. The molecule has 4 heteroatoms. The summed E-state index contributed by atoms with van der Waals surface area (Å²) in [6.07, 6.45) is 3.53. The number of imidazole rings is 1. The van der Waals surface area contributed by atoms with E-state index in [9.17, 15) is 0 Å². The Morgan fingerprint density at radius 1 is 1.33 bits per heavy atom. The fraction of sp³-hybridized carbons (Fsp3) is 0.250. The van der Waals surface area contributed by atoms with Crippen LogP contribution < -0.4 is 5.73 Å². The van der Waals surface area contributed by atoms with Crippen molar-refractivity contribution in [1.29, 1.82) is 0 Å². The third-order valence-electron chi connectivity index (χ3n) is 1.47. The second-order valence-corrected chi connectivity index (χ2v) is 2.20. The molecule has 2 rings (SSSR count). The molecule has 0 atom stereocenters. The number of hydrogen-bond acceptors (Lipinski definition) is 3. The van der Waals surface area contributed by atoms with Crippen LogP contribution in [0.1, 0.15) is 0 Å². The van der Waals surface area contributed by atoms with Gasteiger partial charge in [-0.05, 0) is 19.2 Å². The molecule has 0 aromatic carbocycles. The quantitative estimate of drug-likeness (QED) is 0.618. The Kier molecular flexibility index (Phi) is 2.76. The zero-order valence-corrected chi connectivity index (χ0v) is 7.23. The highest BCUT2D eigenvalue weighted by molar-refractivity contribution is 5.69. The smallest absolute Gasteiger partial charge is 0.159 e. The van der Waals surface area contributed by atoms with Crippen molar-refractivity contribution in [3.63, 3.8) is 0 Å². The molecular weight excluding hydrogens is 152 g/mol. The van der Waals surface area contributed by atoms with Gasteiger partial charge in [0.2, 0.25) is 0 Å². The molecule has 0 saturated carbocycles. The summed E-state index contributed by atoms with van der Waals surface area (Å²) < 4.78 is 1.90. The lowest BCUT2D eigenvalue weighted by atomic mass is 10.4. The van der Waals surface area contributed by atoms with Crippen LogP contribution in [0.4, 0.5) is 0 Å². The zero-order chi connectivity index (χ0) is 8.97. The standard InChI is InChI=1S/C7H7N3.CH5N/c1-10-5-9-6-3-2-4-8-7(6)10;1-2/h2-5H,1H3;2H2,1H3. The van der Waals surface area contributed by atoms with E-state index in [2.05, 4.69) is 15.7 Å². The third-order valence-corrected chi connectivity index (χ3v) is 1.47. The topological polar surface area (TPSA) is 56.7 Å². The van der Waals surface area contributed by atoms with E-state index in [1.807, 2.05) is 23.7 Å². The predicted molar refractivity (Wildman–Crippen MR) is 48.6 cm³/mol. The van der Waals surface area contributed by atoms with E-state index in [1.54, 1.807) is 12.5 Å². The average molecular weight is 164 g/mol. The number of aryl methyl sites for hydroxylation is 1. The number of nitrogens with two attached hydrogens (primary N) is 1. The Morgan fingerprint density at radius 3 is 2.75 bits per heavy atom. The first-order chi connectivity index (χ1) is 5.88. The normalized spacial score (nSPS) is 9.25. The summed E-state index contributed by atoms with van der Waals surface area (Å²) in [7, 11) is 3.43. The van der Waals surface area contributed by atoms with Crippen molar-refractivity contribution in [2.24, 2.45) is 12.8 Å². The van der Waals surface area contributed by atoms with Gasteiger partial charge in [-0.2, -0.15) is 0 Å². The van der Waals surface area contributed by atoms with Gasteiger partial charge in [0, 0.05) is 13.2 Å². The van der Waals surface area contributed by atoms with Crippen LogP contribution in [0.15, 0.2) is 24.7 Å². The maximum absolute atomic E-state index is 4.50. The number of rotatable bonds is 0. The summed E-state index contributed by atoms with van der Waals surface area (Å²) in [5, 5.41) is 0. The Hall–Kier alpha value is -1.42. The van der Waals surface area contributed by atoms with E-state index in [1.165, 1.54) is 7.05 Å². The van der Waals surface area contributed by atoms with Gasteiger partial charge >= 0.3 is 0 Å². The number of nitrogens with zero attached hydrogens (tertiary/aromatic N) is 3. The summed E-state index contributed by atoms with van der Waals surface area (Å²) in [6.45, 7) is 0. The minimum absolute atomic E-state index is 0.933. The Labute approximate surface area is 71.0 Å². The van der Waals surface area contributed by atoms with Crippen LogP contribution in [0.5, 0.6) is 0 Å². The van der Waals surface area contributed by atoms with Gasteiger partial charge in [-0.1, -0.05) is 0 Å². The first-order valence-corrected chi connectivity index (χ1v) is 3.68. The van der Waals surface area contributed by atoms with Gasteiger partial charge in [-0.15, -0.1) is 0 Å². The first kappa shape index (κ1) is 8.67. The summed E-state index contributed by atoms with van der Waals surface area (Å²) in [6, 6.07) is 3.83. The van der Waals surface area contributed by atoms with Crippen molar-refractivity contribution in [1.82, 2.24) is 14.5 Å². The Bertz CT molecular complexity index is 353. The summed E-state index contributed by atoms with van der Waals surface area (Å²) in [5.74, 6) is 0. The number of hydrogen-bond donors (Lipinski definition) is 1. The molecule has 64 valence electrons. The van der Waals surface area contributed by atoms with Crippen LogP contribution in [0, 0.1) is 0 Å². The zero-order valence-electron chi connectivity index (χ0n) is 7.23. The monoisotopic (exact) mass is 164 g/mol. The molecule has 2 heterocycles. The van der Waals surface area contributed by atoms with Crippen molar-refractivity contribution in [2.75, 3.05) is 7.05 Å². The lowest BCUT2D eigenvalue weighted by molar-refractivity contribution is 0.931. The molecule has 0 aliphatic heterocycles. The number of aromatic nitrogens is 3. The van der Waals surface area contributed by atoms with E-state index in [4.69, 9.17) is 0 Å². The van der Waals surface area contributed by atoms with Gasteiger partial charge in [0.25, 0.3) is 0 Å². The average Bonchev–Trinajstić information content (AvgIpc) is 2.53. The summed E-state index contributed by atoms with van der Waals surface area (Å²) >= 11 is 0. The largest absolute Gasteiger partial charge is 0.333 e. The molecule has 0 radical (unpaired) electrons. The van der Waals surface area contributed by atoms with Gasteiger partial charge < -0.3 is 10.3 Å². The van der Waals surface area contributed by atoms with Crippen molar-refractivity contribution in [2.45, 2.75) is 0 Å². The van der Waals surface area contributed by atoms with Crippen molar-refractivity contribution in [3.8, 4) is 0 Å². The first-order valence-electron chi connectivity index (χ1n) is 3.68. The minimum atomic E-state index is 0.933. The van der Waals surface area contributed by atoms with Gasteiger partial charge in [-0.25, -0.2) is 9.97 Å². The molecule has 2 aromatic heterocycles. The molecule has 2 N–H and O–H groups in total. The lowest BCUT2D eigenvalue weighted by Crippen LogP contribution is -1.85. The lowest BCUT2D eigenvalue weighted by Gasteiger charge is -1.88. The highest BCUT2D eigenvalue weighted by Gasteiger charge is 1.95. The van der Waals surface area contributed by atoms with E-state index in [0.717, 1.165) is 11.2 Å². The highest BCUT2D eigenvalue weighted by atomic mass is 15.1. The molecule has 0 bridgehead atoms. The molecule has 0 aliphatic carbocycles. The Morgan fingerprint density at radius 2 is 2.08 bits per heavy atom. The SMILES string of the molecule is CN.Cn1cnc2cccnc21. The fourth-order valence-electron chi connectivity index (χ4n) is 0.964. The maximum atomic E-state index is 4.50. The second kappa shape index (κ2) is 3.82. The van der Waals surface area contributed by atoms with E-state index in [0.29, 0.717) is 0 Å². The van der Waals surface area contributed by atoms with E-state index >= 15 is 0 Å². The van der Waals surface area contributed by atoms with Gasteiger partial charge in [0.05, 0.1) is 6.33 Å². The van der Waals surface area contributed by atoms with E-state index in [-0.39, 0.29) is 0 Å². The maximum Gasteiger partial charge on any atom is 0.159 e. The molecule has 0 amide bonds. The number of pyridine rings is 1. The Balaban J connectivity index is 0.000000336.